The number of fused-ring (bicyclic) bond motifs is 3. The van der Waals surface area contributed by atoms with Crippen molar-refractivity contribution in [3.8, 4) is 62.0 Å². The third kappa shape index (κ3) is 3.92. The van der Waals surface area contributed by atoms with Gasteiger partial charge < -0.3 is 4.74 Å². The van der Waals surface area contributed by atoms with E-state index in [1.165, 1.54) is 0 Å². The maximum atomic E-state index is 6.40. The lowest BCUT2D eigenvalue weighted by Crippen LogP contribution is -1.98. The Hall–Kier alpha value is -6.00. The Morgan fingerprint density at radius 1 is 0.477 bits per heavy atom. The van der Waals surface area contributed by atoms with Gasteiger partial charge in [-0.3, -0.25) is 9.55 Å². The number of aromatic nitrogens is 3. The minimum absolute atomic E-state index is 0.852. The van der Waals surface area contributed by atoms with Crippen LogP contribution in [0.2, 0.25) is 0 Å². The number of para-hydroxylation sites is 3. The highest BCUT2D eigenvalue weighted by atomic mass is 16.5. The fourth-order valence-corrected chi connectivity index (χ4v) is 6.36. The van der Waals surface area contributed by atoms with Gasteiger partial charge in [0.2, 0.25) is 0 Å². The molecule has 0 atom stereocenters. The van der Waals surface area contributed by atoms with Crippen molar-refractivity contribution in [3.63, 3.8) is 0 Å². The molecular weight excluding hydrogens is 538 g/mol. The third-order valence-electron chi connectivity index (χ3n) is 8.47. The second-order valence-electron chi connectivity index (χ2n) is 11.1. The van der Waals surface area contributed by atoms with Crippen LogP contribution in [-0.2, 0) is 0 Å². The predicted octanol–water partition coefficient (Wildman–Crippen LogP) is 10.3. The number of imidazole rings is 1. The van der Waals surface area contributed by atoms with E-state index in [1.54, 1.807) is 0 Å². The molecule has 44 heavy (non-hydrogen) atoms. The summed E-state index contributed by atoms with van der Waals surface area (Å²) in [5, 5.41) is 1.07. The van der Waals surface area contributed by atoms with Crippen LogP contribution >= 0.6 is 0 Å². The van der Waals surface area contributed by atoms with Gasteiger partial charge in [-0.15, -0.1) is 0 Å². The number of pyridine rings is 1. The molecule has 6 aromatic carbocycles. The zero-order valence-electron chi connectivity index (χ0n) is 23.7. The van der Waals surface area contributed by atoms with Crippen molar-refractivity contribution in [2.24, 2.45) is 0 Å². The molecule has 0 N–H and O–H groups in total. The van der Waals surface area contributed by atoms with Crippen molar-refractivity contribution in [3.05, 3.63) is 152 Å². The second-order valence-corrected chi connectivity index (χ2v) is 11.1. The van der Waals surface area contributed by atoms with E-state index < -0.39 is 0 Å². The average Bonchev–Trinajstić information content (AvgIpc) is 3.49. The molecule has 0 unspecified atom stereocenters. The first-order chi connectivity index (χ1) is 21.8. The van der Waals surface area contributed by atoms with Crippen LogP contribution in [0.5, 0.6) is 11.5 Å². The molecule has 4 heteroatoms. The monoisotopic (exact) mass is 563 g/mol. The van der Waals surface area contributed by atoms with Gasteiger partial charge in [0.25, 0.3) is 0 Å². The van der Waals surface area contributed by atoms with Crippen molar-refractivity contribution in [1.29, 1.82) is 0 Å². The molecule has 0 amide bonds. The van der Waals surface area contributed by atoms with Crippen LogP contribution < -0.4 is 4.74 Å². The highest BCUT2D eigenvalue weighted by Gasteiger charge is 2.21. The smallest absolute Gasteiger partial charge is 0.145 e. The molecule has 0 bridgehead atoms. The van der Waals surface area contributed by atoms with Gasteiger partial charge in [0, 0.05) is 23.0 Å². The van der Waals surface area contributed by atoms with Crippen LogP contribution in [0.25, 0.3) is 72.4 Å². The topological polar surface area (TPSA) is 39.9 Å². The summed E-state index contributed by atoms with van der Waals surface area (Å²) >= 11 is 0. The molecular formula is C40H25N3O. The zero-order chi connectivity index (χ0) is 29.0. The lowest BCUT2D eigenvalue weighted by atomic mass is 9.93. The Kier molecular flexibility index (Phi) is 5.47. The Bertz CT molecular complexity index is 2350. The SMILES string of the molecule is c1ccc(-n2c(-c3ccc(-c4cccc(-c5ccc6c(c5)Oc5ccnc7cccc-6c57)c4)cc3)nc3ccccc32)cc1. The lowest BCUT2D eigenvalue weighted by Gasteiger charge is -2.21. The average molecular weight is 564 g/mol. The van der Waals surface area contributed by atoms with Gasteiger partial charge in [-0.1, -0.05) is 91.0 Å². The first-order valence-electron chi connectivity index (χ1n) is 14.7. The molecule has 206 valence electrons. The molecule has 9 rings (SSSR count). The van der Waals surface area contributed by atoms with Crippen LogP contribution in [0.4, 0.5) is 0 Å². The van der Waals surface area contributed by atoms with Crippen LogP contribution in [0.1, 0.15) is 0 Å². The minimum Gasteiger partial charge on any atom is -0.456 e. The summed E-state index contributed by atoms with van der Waals surface area (Å²) in [4.78, 5) is 9.55. The van der Waals surface area contributed by atoms with Crippen LogP contribution in [0, 0.1) is 0 Å². The molecule has 0 fully saturated rings. The molecule has 0 saturated carbocycles. The van der Waals surface area contributed by atoms with E-state index in [1.807, 2.05) is 30.5 Å². The van der Waals surface area contributed by atoms with Gasteiger partial charge in [0.15, 0.2) is 0 Å². The van der Waals surface area contributed by atoms with Crippen LogP contribution in [-0.4, -0.2) is 14.5 Å². The van der Waals surface area contributed by atoms with Crippen molar-refractivity contribution >= 4 is 21.9 Å². The maximum Gasteiger partial charge on any atom is 0.145 e. The molecule has 0 radical (unpaired) electrons. The van der Waals surface area contributed by atoms with E-state index in [4.69, 9.17) is 9.72 Å². The van der Waals surface area contributed by atoms with E-state index in [0.717, 1.165) is 83.9 Å². The fourth-order valence-electron chi connectivity index (χ4n) is 6.36. The van der Waals surface area contributed by atoms with Crippen molar-refractivity contribution < 1.29 is 4.74 Å². The van der Waals surface area contributed by atoms with Gasteiger partial charge in [-0.25, -0.2) is 4.98 Å². The lowest BCUT2D eigenvalue weighted by molar-refractivity contribution is 0.487. The number of benzene rings is 6. The van der Waals surface area contributed by atoms with E-state index >= 15 is 0 Å². The standard InChI is InChI=1S/C40H25N3O/c1-2-10-31(11-3-1)43-36-15-5-4-13-34(36)42-40(43)27-18-16-26(17-19-27)28-8-6-9-29(24-28)30-20-21-32-33-12-7-14-35-39(33)37(22-23-41-35)44-38(32)25-30/h1-25H. The summed E-state index contributed by atoms with van der Waals surface area (Å²) in [7, 11) is 0. The number of hydrogen-bond acceptors (Lipinski definition) is 3. The van der Waals surface area contributed by atoms with E-state index in [-0.39, 0.29) is 0 Å². The van der Waals surface area contributed by atoms with Gasteiger partial charge in [0.1, 0.15) is 17.3 Å². The zero-order valence-corrected chi connectivity index (χ0v) is 23.7. The summed E-state index contributed by atoms with van der Waals surface area (Å²) in [5.41, 5.74) is 12.0. The highest BCUT2D eigenvalue weighted by molar-refractivity contribution is 6.02. The molecule has 0 spiro atoms. The molecule has 1 aliphatic heterocycles. The van der Waals surface area contributed by atoms with E-state index in [0.29, 0.717) is 0 Å². The van der Waals surface area contributed by atoms with Crippen LogP contribution in [0.15, 0.2) is 152 Å². The Labute approximate surface area is 254 Å². The normalized spacial score (nSPS) is 11.8. The molecule has 8 aromatic rings. The van der Waals surface area contributed by atoms with Gasteiger partial charge in [0.05, 0.1) is 21.9 Å². The summed E-state index contributed by atoms with van der Waals surface area (Å²) in [5.74, 6) is 2.65. The number of ether oxygens (including phenoxy) is 1. The molecule has 0 aliphatic carbocycles. The summed E-state index contributed by atoms with van der Waals surface area (Å²) in [6.45, 7) is 0. The van der Waals surface area contributed by atoms with E-state index in [9.17, 15) is 0 Å². The molecule has 0 saturated heterocycles. The molecule has 2 aromatic heterocycles. The van der Waals surface area contributed by atoms with Gasteiger partial charge in [-0.05, 0) is 82.4 Å². The summed E-state index contributed by atoms with van der Waals surface area (Å²) in [6, 6.07) is 50.8. The van der Waals surface area contributed by atoms with Crippen LogP contribution in [0.3, 0.4) is 0 Å². The minimum atomic E-state index is 0.852. The van der Waals surface area contributed by atoms with Gasteiger partial charge >= 0.3 is 0 Å². The maximum absolute atomic E-state index is 6.40. The summed E-state index contributed by atoms with van der Waals surface area (Å²) in [6.07, 6.45) is 1.81. The summed E-state index contributed by atoms with van der Waals surface area (Å²) < 4.78 is 8.63. The first kappa shape index (κ1) is 24.6. The number of nitrogens with zero attached hydrogens (tertiary/aromatic N) is 3. The second kappa shape index (κ2) is 9.79. The Morgan fingerprint density at radius 3 is 2.07 bits per heavy atom. The Balaban J connectivity index is 1.07. The predicted molar refractivity (Wildman–Crippen MR) is 178 cm³/mol. The Morgan fingerprint density at radius 2 is 1.18 bits per heavy atom. The van der Waals surface area contributed by atoms with E-state index in [2.05, 4.69) is 131 Å². The van der Waals surface area contributed by atoms with Crippen molar-refractivity contribution in [2.45, 2.75) is 0 Å². The fraction of sp³-hybridized carbons (Fsp3) is 0. The van der Waals surface area contributed by atoms with Crippen molar-refractivity contribution in [1.82, 2.24) is 14.5 Å². The first-order valence-corrected chi connectivity index (χ1v) is 14.7. The molecule has 1 aliphatic rings. The highest BCUT2D eigenvalue weighted by Crippen LogP contribution is 2.47. The largest absolute Gasteiger partial charge is 0.456 e. The molecule has 3 heterocycles. The van der Waals surface area contributed by atoms with Crippen molar-refractivity contribution in [2.75, 3.05) is 0 Å². The van der Waals surface area contributed by atoms with Gasteiger partial charge in [-0.2, -0.15) is 0 Å². The quantitative estimate of drug-likeness (QED) is 0.214. The molecule has 4 nitrogen and oxygen atoms in total. The number of hydrogen-bond donors (Lipinski definition) is 0. The number of rotatable bonds is 4. The third-order valence-corrected chi connectivity index (χ3v) is 8.47.